The van der Waals surface area contributed by atoms with Crippen LogP contribution in [-0.2, 0) is 9.53 Å². The molecule has 0 aromatic rings. The van der Waals surface area contributed by atoms with Gasteiger partial charge in [0.15, 0.2) is 0 Å². The van der Waals surface area contributed by atoms with Gasteiger partial charge in [0.2, 0.25) is 0 Å². The molecule has 0 amide bonds. The van der Waals surface area contributed by atoms with E-state index in [4.69, 9.17) is 0 Å². The first-order valence-electron chi connectivity index (χ1n) is 5.19. The highest BCUT2D eigenvalue weighted by atomic mass is 16.5. The number of carbonyl (C=O) groups is 1. The predicted molar refractivity (Wildman–Crippen MR) is 53.8 cm³/mol. The van der Waals surface area contributed by atoms with Crippen molar-refractivity contribution in [2.24, 2.45) is 0 Å². The molecular weight excluding hydrogens is 180 g/mol. The summed E-state index contributed by atoms with van der Waals surface area (Å²) in [4.78, 5) is 11.3. The van der Waals surface area contributed by atoms with Gasteiger partial charge in [-0.2, -0.15) is 0 Å². The summed E-state index contributed by atoms with van der Waals surface area (Å²) in [6.07, 6.45) is 6.91. The first-order chi connectivity index (χ1) is 6.74. The van der Waals surface area contributed by atoms with Crippen LogP contribution in [0.3, 0.4) is 0 Å². The van der Waals surface area contributed by atoms with Crippen LogP contribution in [0.15, 0.2) is 11.6 Å². The number of aliphatic hydroxyl groups is 1. The fourth-order valence-electron chi connectivity index (χ4n) is 1.71. The second-order valence-corrected chi connectivity index (χ2v) is 3.72. The molecule has 0 aromatic heterocycles. The molecule has 0 radical (unpaired) electrons. The van der Waals surface area contributed by atoms with E-state index in [9.17, 15) is 9.90 Å². The number of esters is 1. The average molecular weight is 198 g/mol. The molecule has 1 atom stereocenters. The zero-order valence-corrected chi connectivity index (χ0v) is 8.66. The number of rotatable bonds is 1. The van der Waals surface area contributed by atoms with E-state index in [0.717, 1.165) is 32.1 Å². The van der Waals surface area contributed by atoms with Crippen LogP contribution >= 0.6 is 0 Å². The molecule has 0 saturated heterocycles. The molecule has 3 nitrogen and oxygen atoms in total. The molecule has 0 aliphatic heterocycles. The van der Waals surface area contributed by atoms with Crippen molar-refractivity contribution in [2.45, 2.75) is 44.6 Å². The maximum absolute atomic E-state index is 11.3. The minimum atomic E-state index is -0.390. The van der Waals surface area contributed by atoms with Gasteiger partial charge in [-0.15, -0.1) is 0 Å². The Hall–Kier alpha value is -0.830. The first kappa shape index (κ1) is 11.2. The molecule has 3 heteroatoms. The highest BCUT2D eigenvalue weighted by Crippen LogP contribution is 2.18. The average Bonchev–Trinajstić information content (AvgIpc) is 2.29. The van der Waals surface area contributed by atoms with E-state index in [2.05, 4.69) is 4.74 Å². The largest absolute Gasteiger partial charge is 0.466 e. The molecule has 80 valence electrons. The van der Waals surface area contributed by atoms with E-state index in [1.165, 1.54) is 7.11 Å². The highest BCUT2D eigenvalue weighted by Gasteiger charge is 2.15. The van der Waals surface area contributed by atoms with E-state index in [-0.39, 0.29) is 5.97 Å². The lowest BCUT2D eigenvalue weighted by molar-refractivity contribution is -0.136. The van der Waals surface area contributed by atoms with Crippen molar-refractivity contribution in [3.63, 3.8) is 0 Å². The van der Waals surface area contributed by atoms with Gasteiger partial charge in [-0.1, -0.05) is 18.9 Å². The van der Waals surface area contributed by atoms with Gasteiger partial charge in [0.05, 0.1) is 13.2 Å². The fraction of sp³-hybridized carbons (Fsp3) is 0.727. The van der Waals surface area contributed by atoms with Crippen LogP contribution in [0.2, 0.25) is 0 Å². The Morgan fingerprint density at radius 3 is 3.00 bits per heavy atom. The molecule has 0 spiro atoms. The number of allylic oxidation sites excluding steroid dienone is 1. The number of aliphatic hydroxyl groups excluding tert-OH is 1. The van der Waals surface area contributed by atoms with E-state index in [1.807, 2.05) is 6.08 Å². The normalized spacial score (nSPS) is 24.1. The van der Waals surface area contributed by atoms with E-state index >= 15 is 0 Å². The maximum Gasteiger partial charge on any atom is 0.333 e. The maximum atomic E-state index is 11.3. The van der Waals surface area contributed by atoms with Gasteiger partial charge in [0, 0.05) is 12.0 Å². The second kappa shape index (κ2) is 5.81. The smallest absolute Gasteiger partial charge is 0.333 e. The van der Waals surface area contributed by atoms with Crippen molar-refractivity contribution in [3.05, 3.63) is 11.6 Å². The summed E-state index contributed by atoms with van der Waals surface area (Å²) in [6, 6.07) is 0. The third kappa shape index (κ3) is 3.50. The van der Waals surface area contributed by atoms with Crippen molar-refractivity contribution in [3.8, 4) is 0 Å². The standard InChI is InChI=1S/C11H18O3/c1-14-11(13)9-6-4-2-3-5-7-10(12)8-9/h6,10,12H,2-5,7-8H2,1H3. The second-order valence-electron chi connectivity index (χ2n) is 3.72. The van der Waals surface area contributed by atoms with Gasteiger partial charge in [-0.3, -0.25) is 0 Å². The van der Waals surface area contributed by atoms with Crippen molar-refractivity contribution in [1.29, 1.82) is 0 Å². The summed E-state index contributed by atoms with van der Waals surface area (Å²) in [5.41, 5.74) is 0.627. The summed E-state index contributed by atoms with van der Waals surface area (Å²) in [6.45, 7) is 0. The van der Waals surface area contributed by atoms with Crippen LogP contribution in [0, 0.1) is 0 Å². The molecule has 0 aromatic carbocycles. The Morgan fingerprint density at radius 1 is 1.50 bits per heavy atom. The molecule has 14 heavy (non-hydrogen) atoms. The molecule has 1 unspecified atom stereocenters. The predicted octanol–water partition coefficient (Wildman–Crippen LogP) is 1.80. The van der Waals surface area contributed by atoms with Crippen LogP contribution in [0.1, 0.15) is 38.5 Å². The molecule has 1 N–H and O–H groups in total. The lowest BCUT2D eigenvalue weighted by Crippen LogP contribution is -2.13. The summed E-state index contributed by atoms with van der Waals surface area (Å²) >= 11 is 0. The summed E-state index contributed by atoms with van der Waals surface area (Å²) < 4.78 is 4.66. The molecule has 1 aliphatic carbocycles. The van der Waals surface area contributed by atoms with E-state index in [1.54, 1.807) is 0 Å². The van der Waals surface area contributed by atoms with Crippen molar-refractivity contribution >= 4 is 5.97 Å². The van der Waals surface area contributed by atoms with Crippen LogP contribution in [0.4, 0.5) is 0 Å². The summed E-state index contributed by atoms with van der Waals surface area (Å²) in [7, 11) is 1.38. The summed E-state index contributed by atoms with van der Waals surface area (Å²) in [5, 5.41) is 9.61. The van der Waals surface area contributed by atoms with Crippen LogP contribution in [-0.4, -0.2) is 24.3 Å². The molecule has 0 saturated carbocycles. The number of carbonyl (C=O) groups excluding carboxylic acids is 1. The van der Waals surface area contributed by atoms with E-state index in [0.29, 0.717) is 12.0 Å². The van der Waals surface area contributed by atoms with Crippen LogP contribution in [0.5, 0.6) is 0 Å². The van der Waals surface area contributed by atoms with Gasteiger partial charge in [0.1, 0.15) is 0 Å². The van der Waals surface area contributed by atoms with Crippen molar-refractivity contribution in [1.82, 2.24) is 0 Å². The number of hydrogen-bond acceptors (Lipinski definition) is 3. The SMILES string of the molecule is COC(=O)C1=CCCCCCC(O)C1. The number of ether oxygens (including phenoxy) is 1. The third-order valence-corrected chi connectivity index (χ3v) is 2.54. The number of hydrogen-bond donors (Lipinski definition) is 1. The topological polar surface area (TPSA) is 46.5 Å². The van der Waals surface area contributed by atoms with Crippen molar-refractivity contribution in [2.75, 3.05) is 7.11 Å². The quantitative estimate of drug-likeness (QED) is 0.653. The van der Waals surface area contributed by atoms with Gasteiger partial charge >= 0.3 is 5.97 Å². The van der Waals surface area contributed by atoms with Gasteiger partial charge in [-0.05, 0) is 19.3 Å². The number of methoxy groups -OCH3 is 1. The van der Waals surface area contributed by atoms with Gasteiger partial charge in [0.25, 0.3) is 0 Å². The molecular formula is C11H18O3. The zero-order valence-electron chi connectivity index (χ0n) is 8.66. The molecule has 1 aliphatic rings. The Labute approximate surface area is 84.8 Å². The Morgan fingerprint density at radius 2 is 2.29 bits per heavy atom. The highest BCUT2D eigenvalue weighted by molar-refractivity contribution is 5.88. The van der Waals surface area contributed by atoms with Gasteiger partial charge in [-0.25, -0.2) is 4.79 Å². The van der Waals surface area contributed by atoms with Gasteiger partial charge < -0.3 is 9.84 Å². The third-order valence-electron chi connectivity index (χ3n) is 2.54. The monoisotopic (exact) mass is 198 g/mol. The fourth-order valence-corrected chi connectivity index (χ4v) is 1.71. The van der Waals surface area contributed by atoms with Crippen LogP contribution < -0.4 is 0 Å². The lowest BCUT2D eigenvalue weighted by atomic mass is 10.0. The molecule has 1 rings (SSSR count). The minimum Gasteiger partial charge on any atom is -0.466 e. The molecule has 0 bridgehead atoms. The first-order valence-corrected chi connectivity index (χ1v) is 5.19. The molecule has 0 heterocycles. The minimum absolute atomic E-state index is 0.300. The van der Waals surface area contributed by atoms with Crippen LogP contribution in [0.25, 0.3) is 0 Å². The van der Waals surface area contributed by atoms with Crippen molar-refractivity contribution < 1.29 is 14.6 Å². The zero-order chi connectivity index (χ0) is 10.4. The summed E-state index contributed by atoms with van der Waals surface area (Å²) in [5.74, 6) is -0.300. The Kier molecular flexibility index (Phi) is 4.66. The van der Waals surface area contributed by atoms with E-state index < -0.39 is 6.10 Å². The molecule has 0 fully saturated rings. The lowest BCUT2D eigenvalue weighted by Gasteiger charge is -2.10. The Balaban J connectivity index is 2.62. The Bertz CT molecular complexity index is 221.